The highest BCUT2D eigenvalue weighted by Crippen LogP contribution is 2.23. The maximum Gasteiger partial charge on any atom is 0.409 e. The number of aromatic nitrogens is 3. The quantitative estimate of drug-likeness (QED) is 0.565. The van der Waals surface area contributed by atoms with Gasteiger partial charge in [-0.2, -0.15) is 0 Å². The number of carbonyl (C=O) groups excluding carboxylic acids is 1. The van der Waals surface area contributed by atoms with Gasteiger partial charge >= 0.3 is 6.09 Å². The molecular formula is C20H23ClN4O2. The summed E-state index contributed by atoms with van der Waals surface area (Å²) >= 11 is 6.10. The number of hydrogen-bond acceptors (Lipinski definition) is 4. The molecule has 0 aliphatic carbocycles. The molecule has 142 valence electrons. The van der Waals surface area contributed by atoms with E-state index < -0.39 is 0 Å². The number of amides is 1. The largest absolute Gasteiger partial charge is 0.445 e. The number of halogens is 1. The Hall–Kier alpha value is -2.60. The number of imidazole rings is 1. The van der Waals surface area contributed by atoms with Gasteiger partial charge in [0.05, 0.1) is 11.9 Å². The second-order valence-electron chi connectivity index (χ2n) is 6.36. The summed E-state index contributed by atoms with van der Waals surface area (Å²) in [6.45, 7) is 2.81. The van der Waals surface area contributed by atoms with E-state index in [1.54, 1.807) is 18.1 Å². The molecule has 0 aliphatic rings. The van der Waals surface area contributed by atoms with E-state index in [2.05, 4.69) is 16.9 Å². The summed E-state index contributed by atoms with van der Waals surface area (Å²) in [5.41, 5.74) is 2.55. The first-order chi connectivity index (χ1) is 13.1. The molecule has 0 saturated heterocycles. The fourth-order valence-electron chi connectivity index (χ4n) is 3.07. The summed E-state index contributed by atoms with van der Waals surface area (Å²) in [5.74, 6) is 1.04. The van der Waals surface area contributed by atoms with Crippen molar-refractivity contribution in [1.29, 1.82) is 0 Å². The van der Waals surface area contributed by atoms with Gasteiger partial charge in [0.2, 0.25) is 0 Å². The highest BCUT2D eigenvalue weighted by Gasteiger charge is 2.22. The Morgan fingerprint density at radius 1 is 1.26 bits per heavy atom. The number of ether oxygens (including phenoxy) is 1. The van der Waals surface area contributed by atoms with Crippen LogP contribution in [0.4, 0.5) is 4.79 Å². The number of hydrogen-bond donors (Lipinski definition) is 0. The average Bonchev–Trinajstić information content (AvgIpc) is 3.09. The first kappa shape index (κ1) is 19.2. The molecule has 3 rings (SSSR count). The van der Waals surface area contributed by atoms with Gasteiger partial charge in [0.15, 0.2) is 5.65 Å². The second-order valence-corrected chi connectivity index (χ2v) is 6.63. The predicted octanol–water partition coefficient (Wildman–Crippen LogP) is 4.39. The Balaban J connectivity index is 1.72. The van der Waals surface area contributed by atoms with Gasteiger partial charge < -0.3 is 14.2 Å². The molecule has 0 N–H and O–H groups in total. The zero-order valence-corrected chi connectivity index (χ0v) is 16.3. The fourth-order valence-corrected chi connectivity index (χ4v) is 3.26. The third kappa shape index (κ3) is 4.39. The first-order valence-corrected chi connectivity index (χ1v) is 9.47. The second kappa shape index (κ2) is 8.86. The number of nitrogens with zero attached hydrogens (tertiary/aromatic N) is 4. The molecule has 7 heteroatoms. The van der Waals surface area contributed by atoms with Crippen molar-refractivity contribution >= 4 is 28.9 Å². The van der Waals surface area contributed by atoms with Crippen LogP contribution in [0, 0.1) is 0 Å². The molecule has 2 heterocycles. The van der Waals surface area contributed by atoms with Crippen molar-refractivity contribution in [3.8, 4) is 0 Å². The SMILES string of the molecule is CC[C@H](CN(C)C(=O)OCc1ccccc1)n1c(CCl)nc2cccnc21. The minimum atomic E-state index is -0.359. The van der Waals surface area contributed by atoms with Gasteiger partial charge in [-0.05, 0) is 24.1 Å². The van der Waals surface area contributed by atoms with Gasteiger partial charge in [0.1, 0.15) is 17.9 Å². The number of carbonyl (C=O) groups is 1. The van der Waals surface area contributed by atoms with Crippen LogP contribution >= 0.6 is 11.6 Å². The van der Waals surface area contributed by atoms with Crippen LogP contribution in [0.2, 0.25) is 0 Å². The van der Waals surface area contributed by atoms with E-state index in [-0.39, 0.29) is 24.6 Å². The van der Waals surface area contributed by atoms with Crippen LogP contribution < -0.4 is 0 Å². The molecule has 0 spiro atoms. The molecule has 3 aromatic rings. The van der Waals surface area contributed by atoms with E-state index in [1.165, 1.54) is 0 Å². The van der Waals surface area contributed by atoms with Gasteiger partial charge in [-0.3, -0.25) is 0 Å². The van der Waals surface area contributed by atoms with E-state index in [0.29, 0.717) is 6.54 Å². The fraction of sp³-hybridized carbons (Fsp3) is 0.350. The van der Waals surface area contributed by atoms with E-state index >= 15 is 0 Å². The molecule has 0 bridgehead atoms. The van der Waals surface area contributed by atoms with Crippen molar-refractivity contribution in [2.24, 2.45) is 0 Å². The van der Waals surface area contributed by atoms with Gasteiger partial charge in [0.25, 0.3) is 0 Å². The lowest BCUT2D eigenvalue weighted by molar-refractivity contribution is 0.0996. The van der Waals surface area contributed by atoms with Crippen molar-refractivity contribution in [2.45, 2.75) is 31.9 Å². The van der Waals surface area contributed by atoms with E-state index in [1.807, 2.05) is 47.0 Å². The zero-order chi connectivity index (χ0) is 19.2. The van der Waals surface area contributed by atoms with Crippen LogP contribution in [0.1, 0.15) is 30.8 Å². The van der Waals surface area contributed by atoms with E-state index in [9.17, 15) is 4.79 Å². The number of alkyl halides is 1. The molecule has 0 unspecified atom stereocenters. The predicted molar refractivity (Wildman–Crippen MR) is 106 cm³/mol. The highest BCUT2D eigenvalue weighted by atomic mass is 35.5. The van der Waals surface area contributed by atoms with Gasteiger partial charge in [-0.15, -0.1) is 11.6 Å². The topological polar surface area (TPSA) is 60.2 Å². The Bertz CT molecular complexity index is 897. The van der Waals surface area contributed by atoms with Gasteiger partial charge in [-0.1, -0.05) is 37.3 Å². The Kier molecular flexibility index (Phi) is 6.29. The summed E-state index contributed by atoms with van der Waals surface area (Å²) in [6.07, 6.45) is 2.19. The van der Waals surface area contributed by atoms with Crippen molar-refractivity contribution < 1.29 is 9.53 Å². The minimum Gasteiger partial charge on any atom is -0.445 e. The summed E-state index contributed by atoms with van der Waals surface area (Å²) < 4.78 is 7.45. The molecule has 27 heavy (non-hydrogen) atoms. The van der Waals surface area contributed by atoms with E-state index in [4.69, 9.17) is 16.3 Å². The average molecular weight is 387 g/mol. The standard InChI is InChI=1S/C20H23ClN4O2/c1-3-16(25-18(12-21)23-17-10-7-11-22-19(17)25)13-24(2)20(26)27-14-15-8-5-4-6-9-15/h4-11,16H,3,12-14H2,1-2H3/t16-/m1/s1. The lowest BCUT2D eigenvalue weighted by Gasteiger charge is -2.25. The third-order valence-electron chi connectivity index (χ3n) is 4.48. The minimum absolute atomic E-state index is 0.00734. The number of likely N-dealkylation sites (N-methyl/N-ethyl adjacent to an activating group) is 1. The van der Waals surface area contributed by atoms with Crippen LogP contribution in [-0.4, -0.2) is 39.1 Å². The van der Waals surface area contributed by atoms with Crippen LogP contribution in [-0.2, 0) is 17.2 Å². The lowest BCUT2D eigenvalue weighted by atomic mass is 10.2. The zero-order valence-electron chi connectivity index (χ0n) is 15.5. The molecule has 1 amide bonds. The molecule has 1 aromatic carbocycles. The van der Waals surface area contributed by atoms with Crippen LogP contribution in [0.3, 0.4) is 0 Å². The van der Waals surface area contributed by atoms with Crippen LogP contribution in [0.15, 0.2) is 48.7 Å². The third-order valence-corrected chi connectivity index (χ3v) is 4.72. The Labute approximate surface area is 163 Å². The molecule has 0 radical (unpaired) electrons. The number of fused-ring (bicyclic) bond motifs is 1. The lowest BCUT2D eigenvalue weighted by Crippen LogP contribution is -2.33. The van der Waals surface area contributed by atoms with Gasteiger partial charge in [-0.25, -0.2) is 14.8 Å². The molecular weight excluding hydrogens is 364 g/mol. The number of rotatable bonds is 7. The maximum atomic E-state index is 12.4. The summed E-state index contributed by atoms with van der Waals surface area (Å²) in [4.78, 5) is 23.0. The summed E-state index contributed by atoms with van der Waals surface area (Å²) in [5, 5.41) is 0. The molecule has 2 aromatic heterocycles. The normalized spacial score (nSPS) is 12.1. The van der Waals surface area contributed by atoms with Crippen molar-refractivity contribution in [2.75, 3.05) is 13.6 Å². The van der Waals surface area contributed by atoms with Crippen molar-refractivity contribution in [3.05, 3.63) is 60.0 Å². The highest BCUT2D eigenvalue weighted by molar-refractivity contribution is 6.16. The molecule has 0 fully saturated rings. The molecule has 6 nitrogen and oxygen atoms in total. The molecule has 0 saturated carbocycles. The molecule has 0 aliphatic heterocycles. The smallest absolute Gasteiger partial charge is 0.409 e. The van der Waals surface area contributed by atoms with Crippen molar-refractivity contribution in [1.82, 2.24) is 19.4 Å². The van der Waals surface area contributed by atoms with Crippen LogP contribution in [0.25, 0.3) is 11.2 Å². The Morgan fingerprint density at radius 3 is 2.74 bits per heavy atom. The maximum absolute atomic E-state index is 12.4. The van der Waals surface area contributed by atoms with Crippen LogP contribution in [0.5, 0.6) is 0 Å². The first-order valence-electron chi connectivity index (χ1n) is 8.93. The van der Waals surface area contributed by atoms with Crippen molar-refractivity contribution in [3.63, 3.8) is 0 Å². The summed E-state index contributed by atoms with van der Waals surface area (Å²) in [7, 11) is 1.74. The number of pyridine rings is 1. The number of benzene rings is 1. The molecule has 1 atom stereocenters. The van der Waals surface area contributed by atoms with E-state index in [0.717, 1.165) is 29.0 Å². The summed E-state index contributed by atoms with van der Waals surface area (Å²) in [6, 6.07) is 13.4. The Morgan fingerprint density at radius 2 is 2.04 bits per heavy atom. The monoisotopic (exact) mass is 386 g/mol. The van der Waals surface area contributed by atoms with Gasteiger partial charge in [0, 0.05) is 19.8 Å².